The lowest BCUT2D eigenvalue weighted by molar-refractivity contribution is -0.144. The SMILES string of the molecule is COc1ccc(F)cc1COC(=O)CCN. The predicted octanol–water partition coefficient (Wildman–Crippen LogP) is 1.23. The molecule has 16 heavy (non-hydrogen) atoms. The summed E-state index contributed by atoms with van der Waals surface area (Å²) in [4.78, 5) is 11.1. The molecule has 1 aromatic carbocycles. The number of ether oxygens (including phenoxy) is 2. The molecule has 0 fully saturated rings. The fourth-order valence-electron chi connectivity index (χ4n) is 1.21. The molecule has 0 aliphatic rings. The molecule has 0 amide bonds. The van der Waals surface area contributed by atoms with Crippen LogP contribution >= 0.6 is 0 Å². The van der Waals surface area contributed by atoms with Crippen LogP contribution in [0.2, 0.25) is 0 Å². The van der Waals surface area contributed by atoms with Crippen molar-refractivity contribution in [1.82, 2.24) is 0 Å². The van der Waals surface area contributed by atoms with E-state index in [9.17, 15) is 9.18 Å². The predicted molar refractivity (Wildman–Crippen MR) is 56.4 cm³/mol. The van der Waals surface area contributed by atoms with Gasteiger partial charge in [0.05, 0.1) is 13.5 Å². The number of hydrogen-bond donors (Lipinski definition) is 1. The van der Waals surface area contributed by atoms with Gasteiger partial charge in [0.15, 0.2) is 0 Å². The summed E-state index contributed by atoms with van der Waals surface area (Å²) in [5, 5.41) is 0. The summed E-state index contributed by atoms with van der Waals surface area (Å²) in [7, 11) is 1.47. The Bertz CT molecular complexity index is 368. The molecule has 0 heterocycles. The largest absolute Gasteiger partial charge is 0.496 e. The lowest BCUT2D eigenvalue weighted by Crippen LogP contribution is -2.11. The van der Waals surface area contributed by atoms with Crippen LogP contribution in [0.4, 0.5) is 4.39 Å². The van der Waals surface area contributed by atoms with Gasteiger partial charge in [-0.2, -0.15) is 0 Å². The first-order valence-corrected chi connectivity index (χ1v) is 4.85. The van der Waals surface area contributed by atoms with E-state index in [1.165, 1.54) is 25.3 Å². The summed E-state index contributed by atoms with van der Waals surface area (Å²) in [6.07, 6.45) is 0.150. The molecular weight excluding hydrogens is 213 g/mol. The number of carbonyl (C=O) groups excluding carboxylic acids is 1. The second kappa shape index (κ2) is 6.07. The van der Waals surface area contributed by atoms with E-state index in [-0.39, 0.29) is 19.6 Å². The van der Waals surface area contributed by atoms with E-state index in [0.29, 0.717) is 11.3 Å². The number of methoxy groups -OCH3 is 1. The topological polar surface area (TPSA) is 61.5 Å². The maximum atomic E-state index is 12.9. The second-order valence-corrected chi connectivity index (χ2v) is 3.16. The van der Waals surface area contributed by atoms with Gasteiger partial charge in [0, 0.05) is 12.1 Å². The number of esters is 1. The van der Waals surface area contributed by atoms with Gasteiger partial charge < -0.3 is 15.2 Å². The third kappa shape index (κ3) is 3.51. The van der Waals surface area contributed by atoms with E-state index in [4.69, 9.17) is 15.2 Å². The fraction of sp³-hybridized carbons (Fsp3) is 0.364. The molecule has 0 spiro atoms. The first kappa shape index (κ1) is 12.4. The Kier molecular flexibility index (Phi) is 4.72. The van der Waals surface area contributed by atoms with Gasteiger partial charge in [-0.3, -0.25) is 4.79 Å². The Morgan fingerprint density at radius 3 is 2.88 bits per heavy atom. The molecule has 0 atom stereocenters. The Morgan fingerprint density at radius 2 is 2.25 bits per heavy atom. The van der Waals surface area contributed by atoms with Crippen molar-refractivity contribution >= 4 is 5.97 Å². The van der Waals surface area contributed by atoms with Gasteiger partial charge in [0.25, 0.3) is 0 Å². The van der Waals surface area contributed by atoms with Gasteiger partial charge in [-0.15, -0.1) is 0 Å². The molecule has 5 heteroatoms. The molecule has 4 nitrogen and oxygen atoms in total. The van der Waals surface area contributed by atoms with Crippen molar-refractivity contribution in [1.29, 1.82) is 0 Å². The van der Waals surface area contributed by atoms with Crippen LogP contribution in [0, 0.1) is 5.82 Å². The smallest absolute Gasteiger partial charge is 0.307 e. The van der Waals surface area contributed by atoms with Crippen LogP contribution in [0.25, 0.3) is 0 Å². The van der Waals surface area contributed by atoms with Crippen molar-refractivity contribution < 1.29 is 18.7 Å². The maximum absolute atomic E-state index is 12.9. The average Bonchev–Trinajstić information content (AvgIpc) is 2.27. The van der Waals surface area contributed by atoms with E-state index in [1.807, 2.05) is 0 Å². The Morgan fingerprint density at radius 1 is 1.50 bits per heavy atom. The normalized spacial score (nSPS) is 9.94. The summed E-state index contributed by atoms with van der Waals surface area (Å²) in [6, 6.07) is 4.04. The second-order valence-electron chi connectivity index (χ2n) is 3.16. The molecule has 0 aliphatic heterocycles. The molecule has 0 bridgehead atoms. The van der Waals surface area contributed by atoms with Gasteiger partial charge in [-0.05, 0) is 18.2 Å². The van der Waals surface area contributed by atoms with Gasteiger partial charge in [-0.1, -0.05) is 0 Å². The maximum Gasteiger partial charge on any atom is 0.307 e. The van der Waals surface area contributed by atoms with Crippen LogP contribution in [0.3, 0.4) is 0 Å². The minimum absolute atomic E-state index is 0.0141. The van der Waals surface area contributed by atoms with E-state index >= 15 is 0 Å². The average molecular weight is 227 g/mol. The third-order valence-corrected chi connectivity index (χ3v) is 1.98. The molecule has 0 aliphatic carbocycles. The number of carbonyl (C=O) groups is 1. The zero-order valence-corrected chi connectivity index (χ0v) is 9.03. The standard InChI is InChI=1S/C11H14FNO3/c1-15-10-3-2-9(12)6-8(10)7-16-11(14)4-5-13/h2-3,6H,4-5,7,13H2,1H3. The number of halogens is 1. The molecule has 0 saturated carbocycles. The molecule has 1 aromatic rings. The van der Waals surface area contributed by atoms with Gasteiger partial charge in [0.2, 0.25) is 0 Å². The first-order chi connectivity index (χ1) is 7.67. The Labute approximate surface area is 93.2 Å². The lowest BCUT2D eigenvalue weighted by Gasteiger charge is -2.09. The monoisotopic (exact) mass is 227 g/mol. The first-order valence-electron chi connectivity index (χ1n) is 4.85. The minimum Gasteiger partial charge on any atom is -0.496 e. The Hall–Kier alpha value is -1.62. The van der Waals surface area contributed by atoms with Crippen molar-refractivity contribution in [3.63, 3.8) is 0 Å². The Balaban J connectivity index is 2.65. The van der Waals surface area contributed by atoms with E-state index in [0.717, 1.165) is 0 Å². The van der Waals surface area contributed by atoms with Crippen LogP contribution in [0.15, 0.2) is 18.2 Å². The number of hydrogen-bond acceptors (Lipinski definition) is 4. The molecule has 0 saturated heterocycles. The van der Waals surface area contributed by atoms with E-state index in [1.54, 1.807) is 0 Å². The molecule has 2 N–H and O–H groups in total. The van der Waals surface area contributed by atoms with Crippen LogP contribution in [-0.4, -0.2) is 19.6 Å². The highest BCUT2D eigenvalue weighted by Gasteiger charge is 2.07. The van der Waals surface area contributed by atoms with Crippen molar-refractivity contribution in [2.24, 2.45) is 5.73 Å². The van der Waals surface area contributed by atoms with Crippen LogP contribution < -0.4 is 10.5 Å². The minimum atomic E-state index is -0.409. The number of rotatable bonds is 5. The summed E-state index contributed by atoms with van der Waals surface area (Å²) < 4.78 is 22.9. The van der Waals surface area contributed by atoms with E-state index in [2.05, 4.69) is 0 Å². The van der Waals surface area contributed by atoms with Crippen molar-refractivity contribution in [2.45, 2.75) is 13.0 Å². The number of nitrogens with two attached hydrogens (primary N) is 1. The zero-order chi connectivity index (χ0) is 12.0. The molecule has 88 valence electrons. The highest BCUT2D eigenvalue weighted by atomic mass is 19.1. The summed E-state index contributed by atoms with van der Waals surface area (Å²) in [6.45, 7) is 0.221. The van der Waals surface area contributed by atoms with Crippen LogP contribution in [0.5, 0.6) is 5.75 Å². The van der Waals surface area contributed by atoms with Crippen molar-refractivity contribution in [3.8, 4) is 5.75 Å². The van der Waals surface area contributed by atoms with Crippen LogP contribution in [-0.2, 0) is 16.1 Å². The van der Waals surface area contributed by atoms with E-state index < -0.39 is 11.8 Å². The molecular formula is C11H14FNO3. The quantitative estimate of drug-likeness (QED) is 0.768. The highest BCUT2D eigenvalue weighted by molar-refractivity contribution is 5.69. The number of benzene rings is 1. The molecule has 1 rings (SSSR count). The lowest BCUT2D eigenvalue weighted by atomic mass is 10.2. The summed E-state index contributed by atoms with van der Waals surface area (Å²) in [5.74, 6) is -0.318. The molecule has 0 aromatic heterocycles. The van der Waals surface area contributed by atoms with Crippen molar-refractivity contribution in [3.05, 3.63) is 29.6 Å². The van der Waals surface area contributed by atoms with Gasteiger partial charge in [0.1, 0.15) is 18.2 Å². The summed E-state index contributed by atoms with van der Waals surface area (Å²) >= 11 is 0. The van der Waals surface area contributed by atoms with Crippen LogP contribution in [0.1, 0.15) is 12.0 Å². The molecule has 0 unspecified atom stereocenters. The summed E-state index contributed by atoms with van der Waals surface area (Å²) in [5.41, 5.74) is 5.69. The zero-order valence-electron chi connectivity index (χ0n) is 9.03. The fourth-order valence-corrected chi connectivity index (χ4v) is 1.21. The third-order valence-electron chi connectivity index (χ3n) is 1.98. The molecule has 0 radical (unpaired) electrons. The van der Waals surface area contributed by atoms with Crippen molar-refractivity contribution in [2.75, 3.05) is 13.7 Å². The van der Waals surface area contributed by atoms with Gasteiger partial charge >= 0.3 is 5.97 Å². The highest BCUT2D eigenvalue weighted by Crippen LogP contribution is 2.20. The van der Waals surface area contributed by atoms with Gasteiger partial charge in [-0.25, -0.2) is 4.39 Å².